The minimum absolute atomic E-state index is 0.0450. The van der Waals surface area contributed by atoms with Gasteiger partial charge in [0, 0.05) is 12.1 Å². The molecule has 0 atom stereocenters. The maximum Gasteiger partial charge on any atom is 0.339 e. The van der Waals surface area contributed by atoms with Crippen LogP contribution < -0.4 is 5.73 Å². The normalized spacial score (nSPS) is 16.2. The number of ether oxygens (including phenoxy) is 1. The number of benzene rings is 1. The average molecular weight is 253 g/mol. The van der Waals surface area contributed by atoms with Gasteiger partial charge in [-0.1, -0.05) is 12.1 Å². The lowest BCUT2D eigenvalue weighted by molar-refractivity contribution is -0.133. The van der Waals surface area contributed by atoms with Crippen molar-refractivity contribution in [3.05, 3.63) is 34.7 Å². The molecule has 0 saturated heterocycles. The standard InChI is InChI=1S/C11H11NO4S/c1-16-11(13)8-6-17(14,15)9-4-2-3-7(5-12)10(8)9/h2-4,6H,5,12H2,1H3. The van der Waals surface area contributed by atoms with Gasteiger partial charge in [0.15, 0.2) is 0 Å². The van der Waals surface area contributed by atoms with Crippen LogP contribution in [0.15, 0.2) is 28.5 Å². The largest absolute Gasteiger partial charge is 0.465 e. The van der Waals surface area contributed by atoms with Gasteiger partial charge in [-0.3, -0.25) is 0 Å². The van der Waals surface area contributed by atoms with Gasteiger partial charge in [-0.15, -0.1) is 0 Å². The number of rotatable bonds is 2. The predicted octanol–water partition coefficient (Wildman–Crippen LogP) is 0.447. The van der Waals surface area contributed by atoms with Gasteiger partial charge in [-0.05, 0) is 11.6 Å². The first-order valence-corrected chi connectivity index (χ1v) is 6.43. The zero-order valence-electron chi connectivity index (χ0n) is 9.14. The van der Waals surface area contributed by atoms with Crippen molar-refractivity contribution in [3.63, 3.8) is 0 Å². The second-order valence-electron chi connectivity index (χ2n) is 3.56. The second kappa shape index (κ2) is 3.97. The van der Waals surface area contributed by atoms with E-state index in [1.54, 1.807) is 12.1 Å². The Kier molecular flexibility index (Phi) is 2.76. The number of esters is 1. The third-order valence-corrected chi connectivity index (χ3v) is 4.09. The van der Waals surface area contributed by atoms with Crippen LogP contribution in [0.2, 0.25) is 0 Å². The molecule has 2 N–H and O–H groups in total. The van der Waals surface area contributed by atoms with E-state index in [1.165, 1.54) is 13.2 Å². The molecule has 17 heavy (non-hydrogen) atoms. The topological polar surface area (TPSA) is 86.5 Å². The molecule has 90 valence electrons. The summed E-state index contributed by atoms with van der Waals surface area (Å²) in [5.41, 5.74) is 6.56. The summed E-state index contributed by atoms with van der Waals surface area (Å²) in [6, 6.07) is 4.75. The highest BCUT2D eigenvalue weighted by molar-refractivity contribution is 7.95. The van der Waals surface area contributed by atoms with E-state index in [1.807, 2.05) is 0 Å². The fourth-order valence-corrected chi connectivity index (χ4v) is 3.27. The molecule has 0 bridgehead atoms. The summed E-state index contributed by atoms with van der Waals surface area (Å²) in [6.45, 7) is 0.160. The summed E-state index contributed by atoms with van der Waals surface area (Å²) >= 11 is 0. The number of fused-ring (bicyclic) bond motifs is 1. The maximum atomic E-state index is 11.8. The number of methoxy groups -OCH3 is 1. The van der Waals surface area contributed by atoms with Crippen LogP contribution in [0.25, 0.3) is 5.57 Å². The Balaban J connectivity index is 2.76. The fraction of sp³-hybridized carbons (Fsp3) is 0.182. The minimum Gasteiger partial charge on any atom is -0.465 e. The summed E-state index contributed by atoms with van der Waals surface area (Å²) in [4.78, 5) is 11.6. The molecule has 1 aromatic rings. The molecule has 0 unspecified atom stereocenters. The zero-order chi connectivity index (χ0) is 12.6. The smallest absolute Gasteiger partial charge is 0.339 e. The Morgan fingerprint density at radius 1 is 1.41 bits per heavy atom. The number of hydrogen-bond acceptors (Lipinski definition) is 5. The van der Waals surface area contributed by atoms with Crippen molar-refractivity contribution in [2.75, 3.05) is 7.11 Å². The van der Waals surface area contributed by atoms with Gasteiger partial charge in [-0.25, -0.2) is 13.2 Å². The maximum absolute atomic E-state index is 11.8. The van der Waals surface area contributed by atoms with Crippen molar-refractivity contribution in [3.8, 4) is 0 Å². The van der Waals surface area contributed by atoms with Crippen LogP contribution in [0.4, 0.5) is 0 Å². The summed E-state index contributed by atoms with van der Waals surface area (Å²) in [7, 11) is -2.35. The van der Waals surface area contributed by atoms with Gasteiger partial charge >= 0.3 is 5.97 Å². The van der Waals surface area contributed by atoms with E-state index in [9.17, 15) is 13.2 Å². The van der Waals surface area contributed by atoms with Crippen molar-refractivity contribution >= 4 is 21.4 Å². The molecule has 0 radical (unpaired) electrons. The molecule has 6 heteroatoms. The fourth-order valence-electron chi connectivity index (χ4n) is 1.83. The molecule has 2 rings (SSSR count). The molecule has 0 amide bonds. The molecule has 1 aliphatic rings. The van der Waals surface area contributed by atoms with E-state index < -0.39 is 15.8 Å². The SMILES string of the molecule is COC(=O)C1=CS(=O)(=O)c2cccc(CN)c21. The molecule has 1 heterocycles. The predicted molar refractivity (Wildman–Crippen MR) is 61.5 cm³/mol. The van der Waals surface area contributed by atoms with Crippen LogP contribution >= 0.6 is 0 Å². The van der Waals surface area contributed by atoms with Gasteiger partial charge in [0.05, 0.1) is 23.0 Å². The Labute approximate surface area is 98.8 Å². The Morgan fingerprint density at radius 3 is 2.71 bits per heavy atom. The third-order valence-electron chi connectivity index (χ3n) is 2.59. The van der Waals surface area contributed by atoms with E-state index in [4.69, 9.17) is 5.73 Å². The highest BCUT2D eigenvalue weighted by atomic mass is 32.2. The zero-order valence-corrected chi connectivity index (χ0v) is 9.95. The van der Waals surface area contributed by atoms with Crippen LogP contribution in [0, 0.1) is 0 Å². The quantitative estimate of drug-likeness (QED) is 0.773. The van der Waals surface area contributed by atoms with Crippen molar-refractivity contribution in [2.24, 2.45) is 5.73 Å². The van der Waals surface area contributed by atoms with Gasteiger partial charge in [0.2, 0.25) is 9.84 Å². The van der Waals surface area contributed by atoms with Crippen LogP contribution in [-0.2, 0) is 25.9 Å². The molecule has 0 spiro atoms. The van der Waals surface area contributed by atoms with Gasteiger partial charge < -0.3 is 10.5 Å². The molecule has 1 aromatic carbocycles. The van der Waals surface area contributed by atoms with E-state index >= 15 is 0 Å². The van der Waals surface area contributed by atoms with E-state index in [0.717, 1.165) is 5.41 Å². The van der Waals surface area contributed by atoms with Crippen molar-refractivity contribution in [1.82, 2.24) is 0 Å². The van der Waals surface area contributed by atoms with Gasteiger partial charge in [0.25, 0.3) is 0 Å². The summed E-state index contributed by atoms with van der Waals surface area (Å²) < 4.78 is 28.2. The first-order chi connectivity index (χ1) is 8.01. The third kappa shape index (κ3) is 1.75. The Bertz CT molecular complexity index is 616. The first-order valence-electron chi connectivity index (χ1n) is 4.88. The van der Waals surface area contributed by atoms with Crippen LogP contribution in [-0.4, -0.2) is 21.5 Å². The number of carbonyl (C=O) groups is 1. The van der Waals surface area contributed by atoms with Crippen molar-refractivity contribution < 1.29 is 17.9 Å². The molecule has 1 aliphatic heterocycles. The number of nitrogens with two attached hydrogens (primary N) is 1. The van der Waals surface area contributed by atoms with E-state index in [0.29, 0.717) is 11.1 Å². The summed E-state index contributed by atoms with van der Waals surface area (Å²) in [5.74, 6) is -0.673. The lowest BCUT2D eigenvalue weighted by atomic mass is 10.0. The average Bonchev–Trinajstić information content (AvgIpc) is 2.61. The summed E-state index contributed by atoms with van der Waals surface area (Å²) in [5, 5.41) is 0.933. The molecule has 0 aliphatic carbocycles. The Hall–Kier alpha value is -1.66. The monoisotopic (exact) mass is 253 g/mol. The lowest BCUT2D eigenvalue weighted by Gasteiger charge is -2.07. The molecular weight excluding hydrogens is 242 g/mol. The van der Waals surface area contributed by atoms with Crippen LogP contribution in [0.3, 0.4) is 0 Å². The lowest BCUT2D eigenvalue weighted by Crippen LogP contribution is -2.07. The second-order valence-corrected chi connectivity index (χ2v) is 5.33. The van der Waals surface area contributed by atoms with Gasteiger partial charge in [-0.2, -0.15) is 0 Å². The molecule has 0 saturated carbocycles. The highest BCUT2D eigenvalue weighted by Gasteiger charge is 2.32. The molecule has 0 aromatic heterocycles. The van der Waals surface area contributed by atoms with Crippen LogP contribution in [0.1, 0.15) is 11.1 Å². The molecule has 0 fully saturated rings. The number of sulfone groups is 1. The number of hydrogen-bond donors (Lipinski definition) is 1. The van der Waals surface area contributed by atoms with E-state index in [2.05, 4.69) is 4.74 Å². The number of carbonyl (C=O) groups excluding carboxylic acids is 1. The van der Waals surface area contributed by atoms with Crippen molar-refractivity contribution in [2.45, 2.75) is 11.4 Å². The first kappa shape index (κ1) is 11.8. The summed E-state index contributed by atoms with van der Waals surface area (Å²) in [6.07, 6.45) is 0. The van der Waals surface area contributed by atoms with Gasteiger partial charge in [0.1, 0.15) is 0 Å². The highest BCUT2D eigenvalue weighted by Crippen LogP contribution is 2.36. The minimum atomic E-state index is -3.56. The molecule has 5 nitrogen and oxygen atoms in total. The van der Waals surface area contributed by atoms with Crippen molar-refractivity contribution in [1.29, 1.82) is 0 Å². The van der Waals surface area contributed by atoms with E-state index in [-0.39, 0.29) is 17.0 Å². The molecular formula is C11H11NO4S. The van der Waals surface area contributed by atoms with Crippen LogP contribution in [0.5, 0.6) is 0 Å². The Morgan fingerprint density at radius 2 is 2.12 bits per heavy atom.